The summed E-state index contributed by atoms with van der Waals surface area (Å²) in [6.07, 6.45) is -0.923. The number of aliphatic hydroxyl groups excluding tert-OH is 1. The van der Waals surface area contributed by atoms with E-state index in [1.165, 1.54) is 14.0 Å². The number of hydrogen-bond donors (Lipinski definition) is 1. The molecule has 1 aliphatic carbocycles. The summed E-state index contributed by atoms with van der Waals surface area (Å²) < 4.78 is 4.46. The lowest BCUT2D eigenvalue weighted by Gasteiger charge is -2.40. The van der Waals surface area contributed by atoms with E-state index in [4.69, 9.17) is 0 Å². The molecule has 1 rings (SSSR count). The summed E-state index contributed by atoms with van der Waals surface area (Å²) in [5.41, 5.74) is -1.35. The van der Waals surface area contributed by atoms with Crippen molar-refractivity contribution in [3.63, 3.8) is 0 Å². The molecular formula is C8H13NO5. The minimum atomic E-state index is -1.35. The Bertz CT molecular complexity index is 256. The lowest BCUT2D eigenvalue weighted by Crippen LogP contribution is -2.59. The number of hydrogen-bond acceptors (Lipinski definition) is 5. The average Bonchev–Trinajstić information content (AvgIpc) is 2.00. The van der Waals surface area contributed by atoms with Gasteiger partial charge in [0.2, 0.25) is 5.54 Å². The zero-order valence-electron chi connectivity index (χ0n) is 8.10. The molecule has 0 amide bonds. The lowest BCUT2D eigenvalue weighted by molar-refractivity contribution is -0.601. The molecule has 0 saturated heterocycles. The second-order valence-corrected chi connectivity index (χ2v) is 3.66. The van der Waals surface area contributed by atoms with Crippen LogP contribution >= 0.6 is 0 Å². The molecule has 1 saturated carbocycles. The third-order valence-corrected chi connectivity index (χ3v) is 2.88. The predicted octanol–water partition coefficient (Wildman–Crippen LogP) is -0.0343. The molecule has 6 nitrogen and oxygen atoms in total. The molecule has 0 bridgehead atoms. The van der Waals surface area contributed by atoms with E-state index < -0.39 is 28.5 Å². The number of esters is 1. The monoisotopic (exact) mass is 203 g/mol. The van der Waals surface area contributed by atoms with Crippen LogP contribution in [0.15, 0.2) is 0 Å². The molecule has 6 heteroatoms. The topological polar surface area (TPSA) is 89.7 Å². The SMILES string of the molecule is COC(=O)C1CC(C(C)O)([N+](=O)[O-])C1. The first-order valence-corrected chi connectivity index (χ1v) is 4.34. The zero-order chi connectivity index (χ0) is 10.9. The van der Waals surface area contributed by atoms with Gasteiger partial charge in [-0.05, 0) is 6.92 Å². The molecule has 1 N–H and O–H groups in total. The standard InChI is InChI=1S/C8H13NO5/c1-5(10)8(9(12)13)3-6(4-8)7(11)14-2/h5-6,10H,3-4H2,1-2H3. The van der Waals surface area contributed by atoms with Crippen LogP contribution in [0.2, 0.25) is 0 Å². The van der Waals surface area contributed by atoms with Crippen molar-refractivity contribution >= 4 is 5.97 Å². The van der Waals surface area contributed by atoms with E-state index in [1.54, 1.807) is 0 Å². The summed E-state index contributed by atoms with van der Waals surface area (Å²) in [5, 5.41) is 20.0. The highest BCUT2D eigenvalue weighted by molar-refractivity contribution is 5.73. The quantitative estimate of drug-likeness (QED) is 0.395. The van der Waals surface area contributed by atoms with Crippen LogP contribution in [0.5, 0.6) is 0 Å². The van der Waals surface area contributed by atoms with Gasteiger partial charge in [0.15, 0.2) is 0 Å². The van der Waals surface area contributed by atoms with E-state index in [9.17, 15) is 20.0 Å². The van der Waals surface area contributed by atoms with Gasteiger partial charge < -0.3 is 9.84 Å². The second-order valence-electron chi connectivity index (χ2n) is 3.66. The van der Waals surface area contributed by atoms with Crippen molar-refractivity contribution in [1.82, 2.24) is 0 Å². The predicted molar refractivity (Wildman–Crippen MR) is 46.1 cm³/mol. The number of carbonyl (C=O) groups is 1. The van der Waals surface area contributed by atoms with Crippen LogP contribution in [-0.4, -0.2) is 34.8 Å². The first-order valence-electron chi connectivity index (χ1n) is 4.34. The van der Waals surface area contributed by atoms with Crippen molar-refractivity contribution in [3.8, 4) is 0 Å². The normalized spacial score (nSPS) is 32.9. The number of aliphatic hydroxyl groups is 1. The van der Waals surface area contributed by atoms with Gasteiger partial charge in [-0.2, -0.15) is 0 Å². The molecule has 0 aromatic heterocycles. The zero-order valence-corrected chi connectivity index (χ0v) is 8.10. The highest BCUT2D eigenvalue weighted by Crippen LogP contribution is 2.43. The van der Waals surface area contributed by atoms with E-state index in [-0.39, 0.29) is 12.8 Å². The van der Waals surface area contributed by atoms with E-state index >= 15 is 0 Å². The van der Waals surface area contributed by atoms with Crippen LogP contribution < -0.4 is 0 Å². The maximum atomic E-state index is 11.0. The smallest absolute Gasteiger partial charge is 0.309 e. The van der Waals surface area contributed by atoms with Crippen LogP contribution in [0.4, 0.5) is 0 Å². The third kappa shape index (κ3) is 1.45. The first-order chi connectivity index (χ1) is 6.44. The van der Waals surface area contributed by atoms with Crippen molar-refractivity contribution in [2.45, 2.75) is 31.4 Å². The highest BCUT2D eigenvalue weighted by atomic mass is 16.6. The van der Waals surface area contributed by atoms with Gasteiger partial charge in [0.25, 0.3) is 0 Å². The number of rotatable bonds is 3. The Morgan fingerprint density at radius 2 is 2.21 bits per heavy atom. The molecule has 1 atom stereocenters. The van der Waals surface area contributed by atoms with Gasteiger partial charge in [0, 0.05) is 17.8 Å². The van der Waals surface area contributed by atoms with Gasteiger partial charge in [-0.25, -0.2) is 0 Å². The van der Waals surface area contributed by atoms with Crippen LogP contribution in [0.25, 0.3) is 0 Å². The molecular weight excluding hydrogens is 190 g/mol. The highest BCUT2D eigenvalue weighted by Gasteiger charge is 2.61. The fourth-order valence-electron chi connectivity index (χ4n) is 1.77. The Morgan fingerprint density at radius 1 is 1.71 bits per heavy atom. The largest absolute Gasteiger partial charge is 0.469 e. The number of carbonyl (C=O) groups excluding carboxylic acids is 1. The summed E-state index contributed by atoms with van der Waals surface area (Å²) in [7, 11) is 1.25. The first kappa shape index (κ1) is 10.9. The Morgan fingerprint density at radius 3 is 2.50 bits per heavy atom. The van der Waals surface area contributed by atoms with Crippen molar-refractivity contribution in [3.05, 3.63) is 10.1 Å². The molecule has 0 aromatic rings. The molecule has 0 spiro atoms. The molecule has 0 radical (unpaired) electrons. The van der Waals surface area contributed by atoms with Crippen LogP contribution in [-0.2, 0) is 9.53 Å². The number of ether oxygens (including phenoxy) is 1. The molecule has 1 unspecified atom stereocenters. The molecule has 0 aromatic carbocycles. The van der Waals surface area contributed by atoms with Crippen molar-refractivity contribution in [2.75, 3.05) is 7.11 Å². The summed E-state index contributed by atoms with van der Waals surface area (Å²) in [6, 6.07) is 0. The number of nitro groups is 1. The third-order valence-electron chi connectivity index (χ3n) is 2.88. The van der Waals surface area contributed by atoms with Crippen LogP contribution in [0, 0.1) is 16.0 Å². The minimum absolute atomic E-state index is 0.0599. The van der Waals surface area contributed by atoms with E-state index in [2.05, 4.69) is 4.74 Å². The van der Waals surface area contributed by atoms with Crippen molar-refractivity contribution in [2.24, 2.45) is 5.92 Å². The Hall–Kier alpha value is -1.17. The summed E-state index contributed by atoms with van der Waals surface area (Å²) in [4.78, 5) is 21.2. The summed E-state index contributed by atoms with van der Waals surface area (Å²) in [5.74, 6) is -0.886. The Kier molecular flexibility index (Phi) is 2.75. The fraction of sp³-hybridized carbons (Fsp3) is 0.875. The van der Waals surface area contributed by atoms with Gasteiger partial charge in [-0.1, -0.05) is 0 Å². The molecule has 1 fully saturated rings. The fourth-order valence-corrected chi connectivity index (χ4v) is 1.77. The number of methoxy groups -OCH3 is 1. The van der Waals surface area contributed by atoms with Crippen LogP contribution in [0.3, 0.4) is 0 Å². The summed E-state index contributed by atoms with van der Waals surface area (Å²) in [6.45, 7) is 1.37. The van der Waals surface area contributed by atoms with Gasteiger partial charge >= 0.3 is 5.97 Å². The van der Waals surface area contributed by atoms with Gasteiger partial charge in [0.1, 0.15) is 6.10 Å². The van der Waals surface area contributed by atoms with Gasteiger partial charge in [0.05, 0.1) is 13.0 Å². The molecule has 1 aliphatic rings. The van der Waals surface area contributed by atoms with Crippen molar-refractivity contribution in [1.29, 1.82) is 0 Å². The Labute approximate surface area is 81.0 Å². The van der Waals surface area contributed by atoms with E-state index in [0.29, 0.717) is 0 Å². The molecule has 0 aliphatic heterocycles. The minimum Gasteiger partial charge on any atom is -0.469 e. The summed E-state index contributed by atoms with van der Waals surface area (Å²) >= 11 is 0. The molecule has 0 heterocycles. The van der Waals surface area contributed by atoms with E-state index in [1.807, 2.05) is 0 Å². The van der Waals surface area contributed by atoms with Crippen LogP contribution in [0.1, 0.15) is 19.8 Å². The second kappa shape index (κ2) is 3.53. The molecule has 14 heavy (non-hydrogen) atoms. The number of nitrogens with zero attached hydrogens (tertiary/aromatic N) is 1. The molecule has 80 valence electrons. The lowest BCUT2D eigenvalue weighted by atomic mass is 9.66. The Balaban J connectivity index is 2.65. The van der Waals surface area contributed by atoms with Gasteiger partial charge in [-0.3, -0.25) is 14.9 Å². The van der Waals surface area contributed by atoms with E-state index in [0.717, 1.165) is 0 Å². The van der Waals surface area contributed by atoms with Crippen molar-refractivity contribution < 1.29 is 19.6 Å². The maximum absolute atomic E-state index is 11.0. The maximum Gasteiger partial charge on any atom is 0.309 e. The van der Waals surface area contributed by atoms with Gasteiger partial charge in [-0.15, -0.1) is 0 Å². The average molecular weight is 203 g/mol.